The minimum absolute atomic E-state index is 0.0435. The molecule has 0 saturated carbocycles. The van der Waals surface area contributed by atoms with Crippen LogP contribution in [-0.2, 0) is 0 Å². The van der Waals surface area contributed by atoms with E-state index in [1.807, 2.05) is 0 Å². The molecule has 20 heavy (non-hydrogen) atoms. The highest BCUT2D eigenvalue weighted by Crippen LogP contribution is 2.23. The summed E-state index contributed by atoms with van der Waals surface area (Å²) in [6.07, 6.45) is 3.80. The first kappa shape index (κ1) is 15.0. The van der Waals surface area contributed by atoms with E-state index in [0.29, 0.717) is 12.4 Å². The zero-order chi connectivity index (χ0) is 14.5. The molecule has 1 aromatic heterocycles. The molecule has 1 amide bonds. The van der Waals surface area contributed by atoms with E-state index in [0.717, 1.165) is 25.7 Å². The smallest absolute Gasteiger partial charge is 0.274 e. The van der Waals surface area contributed by atoms with E-state index in [-0.39, 0.29) is 29.3 Å². The lowest BCUT2D eigenvalue weighted by atomic mass is 10.1. The summed E-state index contributed by atoms with van der Waals surface area (Å²) in [5.41, 5.74) is 2.57. The molecule has 6 nitrogen and oxygen atoms in total. The van der Waals surface area contributed by atoms with Crippen molar-refractivity contribution in [1.82, 2.24) is 9.88 Å². The molecule has 0 aliphatic carbocycles. The summed E-state index contributed by atoms with van der Waals surface area (Å²) in [7, 11) is 0. The average molecular weight is 299 g/mol. The number of nitrogens with two attached hydrogens (primary N) is 1. The number of hydrazine groups is 1. The summed E-state index contributed by atoms with van der Waals surface area (Å²) in [4.78, 5) is 18.4. The maximum absolute atomic E-state index is 12.6. The zero-order valence-corrected chi connectivity index (χ0v) is 11.9. The van der Waals surface area contributed by atoms with Gasteiger partial charge in [-0.15, -0.1) is 0 Å². The molecular formula is C13H19ClN4O2. The van der Waals surface area contributed by atoms with Crippen LogP contribution in [0.2, 0.25) is 5.02 Å². The van der Waals surface area contributed by atoms with Gasteiger partial charge in [-0.05, 0) is 25.0 Å². The fourth-order valence-electron chi connectivity index (χ4n) is 2.44. The number of hydrogen-bond acceptors (Lipinski definition) is 5. The van der Waals surface area contributed by atoms with Crippen LogP contribution in [0.15, 0.2) is 12.1 Å². The van der Waals surface area contributed by atoms with Gasteiger partial charge in [-0.2, -0.15) is 0 Å². The third-order valence-electron chi connectivity index (χ3n) is 3.55. The Morgan fingerprint density at radius 2 is 2.30 bits per heavy atom. The maximum Gasteiger partial charge on any atom is 0.274 e. The van der Waals surface area contributed by atoms with Crippen LogP contribution in [0, 0.1) is 0 Å². The van der Waals surface area contributed by atoms with Crippen LogP contribution < -0.4 is 11.3 Å². The Bertz CT molecular complexity index is 483. The van der Waals surface area contributed by atoms with Crippen LogP contribution in [-0.4, -0.2) is 40.1 Å². The number of carbonyl (C=O) groups is 1. The molecule has 4 N–H and O–H groups in total. The SMILES string of the molecule is NNc1ccc(Cl)c(C(=O)N2CCCCCC2CO)n1. The van der Waals surface area contributed by atoms with Crippen molar-refractivity contribution in [3.63, 3.8) is 0 Å². The highest BCUT2D eigenvalue weighted by atomic mass is 35.5. The molecule has 2 heterocycles. The second kappa shape index (κ2) is 6.88. The summed E-state index contributed by atoms with van der Waals surface area (Å²) in [5, 5.41) is 9.76. The molecule has 1 aromatic rings. The number of aliphatic hydroxyl groups excluding tert-OH is 1. The molecule has 0 bridgehead atoms. The number of carbonyl (C=O) groups excluding carboxylic acids is 1. The van der Waals surface area contributed by atoms with Gasteiger partial charge in [0.1, 0.15) is 11.5 Å². The Morgan fingerprint density at radius 3 is 3.00 bits per heavy atom. The molecule has 110 valence electrons. The van der Waals surface area contributed by atoms with Crippen LogP contribution in [0.5, 0.6) is 0 Å². The Balaban J connectivity index is 2.28. The quantitative estimate of drug-likeness (QED) is 0.579. The van der Waals surface area contributed by atoms with Crippen molar-refractivity contribution < 1.29 is 9.90 Å². The number of aliphatic hydroxyl groups is 1. The largest absolute Gasteiger partial charge is 0.394 e. The predicted molar refractivity (Wildman–Crippen MR) is 77.4 cm³/mol. The number of halogens is 1. The first-order valence-corrected chi connectivity index (χ1v) is 7.10. The van der Waals surface area contributed by atoms with E-state index in [1.54, 1.807) is 17.0 Å². The molecule has 1 unspecified atom stereocenters. The summed E-state index contributed by atoms with van der Waals surface area (Å²) < 4.78 is 0. The van der Waals surface area contributed by atoms with Gasteiger partial charge in [0, 0.05) is 6.54 Å². The maximum atomic E-state index is 12.6. The predicted octanol–water partition coefficient (Wildman–Crippen LogP) is 1.40. The molecule has 2 rings (SSSR count). The summed E-state index contributed by atoms with van der Waals surface area (Å²) >= 11 is 6.06. The number of nitrogens with zero attached hydrogens (tertiary/aromatic N) is 2. The van der Waals surface area contributed by atoms with Crippen molar-refractivity contribution >= 4 is 23.3 Å². The Hall–Kier alpha value is -1.37. The van der Waals surface area contributed by atoms with Crippen LogP contribution in [0.25, 0.3) is 0 Å². The third kappa shape index (κ3) is 3.20. The number of nitrogen functional groups attached to an aromatic ring is 1. The standard InChI is InChI=1S/C13H19ClN4O2/c14-10-5-6-11(17-15)16-12(10)13(20)18-7-3-1-2-4-9(18)8-19/h5-6,9,19H,1-4,7-8,15H2,(H,16,17). The van der Waals surface area contributed by atoms with Gasteiger partial charge in [0.25, 0.3) is 5.91 Å². The molecule has 1 aliphatic heterocycles. The van der Waals surface area contributed by atoms with Crippen molar-refractivity contribution in [3.05, 3.63) is 22.8 Å². The molecule has 7 heteroatoms. The van der Waals surface area contributed by atoms with E-state index >= 15 is 0 Å². The lowest BCUT2D eigenvalue weighted by Gasteiger charge is -2.28. The number of nitrogens with one attached hydrogen (secondary N) is 1. The monoisotopic (exact) mass is 298 g/mol. The van der Waals surface area contributed by atoms with E-state index in [4.69, 9.17) is 17.4 Å². The molecular weight excluding hydrogens is 280 g/mol. The van der Waals surface area contributed by atoms with Gasteiger partial charge in [-0.3, -0.25) is 4.79 Å². The highest BCUT2D eigenvalue weighted by Gasteiger charge is 2.28. The van der Waals surface area contributed by atoms with Gasteiger partial charge in [-0.25, -0.2) is 10.8 Å². The Kier molecular flexibility index (Phi) is 5.17. The number of hydrogen-bond donors (Lipinski definition) is 3. The van der Waals surface area contributed by atoms with Crippen molar-refractivity contribution in [3.8, 4) is 0 Å². The topological polar surface area (TPSA) is 91.5 Å². The molecule has 0 radical (unpaired) electrons. The minimum Gasteiger partial charge on any atom is -0.394 e. The Morgan fingerprint density at radius 1 is 1.50 bits per heavy atom. The highest BCUT2D eigenvalue weighted by molar-refractivity contribution is 6.33. The van der Waals surface area contributed by atoms with Gasteiger partial charge < -0.3 is 15.4 Å². The van der Waals surface area contributed by atoms with Gasteiger partial charge in [-0.1, -0.05) is 24.4 Å². The van der Waals surface area contributed by atoms with E-state index in [2.05, 4.69) is 10.4 Å². The Labute approximate surface area is 122 Å². The van der Waals surface area contributed by atoms with Crippen molar-refractivity contribution in [2.45, 2.75) is 31.7 Å². The number of likely N-dealkylation sites (tertiary alicyclic amines) is 1. The van der Waals surface area contributed by atoms with Gasteiger partial charge in [0.05, 0.1) is 17.7 Å². The zero-order valence-electron chi connectivity index (χ0n) is 11.2. The third-order valence-corrected chi connectivity index (χ3v) is 3.85. The molecule has 1 saturated heterocycles. The lowest BCUT2D eigenvalue weighted by molar-refractivity contribution is 0.0594. The van der Waals surface area contributed by atoms with Crippen molar-refractivity contribution in [2.24, 2.45) is 5.84 Å². The van der Waals surface area contributed by atoms with Gasteiger partial charge >= 0.3 is 0 Å². The van der Waals surface area contributed by atoms with E-state index in [1.165, 1.54) is 0 Å². The van der Waals surface area contributed by atoms with Crippen LogP contribution in [0.4, 0.5) is 5.82 Å². The van der Waals surface area contributed by atoms with Crippen molar-refractivity contribution in [2.75, 3.05) is 18.6 Å². The molecule has 1 aliphatic rings. The second-order valence-electron chi connectivity index (χ2n) is 4.86. The normalized spacial score (nSPS) is 19.6. The lowest BCUT2D eigenvalue weighted by Crippen LogP contribution is -2.42. The van der Waals surface area contributed by atoms with Gasteiger partial charge in [0.2, 0.25) is 0 Å². The molecule has 0 spiro atoms. The second-order valence-corrected chi connectivity index (χ2v) is 5.26. The van der Waals surface area contributed by atoms with Gasteiger partial charge in [0.15, 0.2) is 0 Å². The summed E-state index contributed by atoms with van der Waals surface area (Å²) in [6.45, 7) is 0.570. The number of amides is 1. The van der Waals surface area contributed by atoms with Crippen LogP contribution >= 0.6 is 11.6 Å². The van der Waals surface area contributed by atoms with Crippen LogP contribution in [0.3, 0.4) is 0 Å². The summed E-state index contributed by atoms with van der Waals surface area (Å²) in [5.74, 6) is 5.43. The molecule has 0 aromatic carbocycles. The number of anilines is 1. The summed E-state index contributed by atoms with van der Waals surface area (Å²) in [6, 6.07) is 3.02. The van der Waals surface area contributed by atoms with E-state index in [9.17, 15) is 9.90 Å². The molecule has 1 fully saturated rings. The fraction of sp³-hybridized carbons (Fsp3) is 0.538. The first-order valence-electron chi connectivity index (χ1n) is 6.72. The van der Waals surface area contributed by atoms with Crippen molar-refractivity contribution in [1.29, 1.82) is 0 Å². The number of aromatic nitrogens is 1. The van der Waals surface area contributed by atoms with Crippen LogP contribution in [0.1, 0.15) is 36.2 Å². The fourth-order valence-corrected chi connectivity index (χ4v) is 2.63. The minimum atomic E-state index is -0.256. The average Bonchev–Trinajstić information content (AvgIpc) is 2.72. The number of pyridine rings is 1. The first-order chi connectivity index (χ1) is 9.67. The molecule has 1 atom stereocenters. The number of rotatable bonds is 3. The van der Waals surface area contributed by atoms with E-state index < -0.39 is 0 Å².